The van der Waals surface area contributed by atoms with E-state index in [-0.39, 0.29) is 11.6 Å². The summed E-state index contributed by atoms with van der Waals surface area (Å²) in [6.45, 7) is 1.44. The Bertz CT molecular complexity index is 915. The summed E-state index contributed by atoms with van der Waals surface area (Å²) in [7, 11) is 3.67. The normalized spacial score (nSPS) is 22.0. The Morgan fingerprint density at radius 1 is 1.21 bits per heavy atom. The fraction of sp³-hybridized carbons (Fsp3) is 0.318. The third-order valence-electron chi connectivity index (χ3n) is 5.48. The van der Waals surface area contributed by atoms with Gasteiger partial charge < -0.3 is 14.6 Å². The SMILES string of the molecule is COc1ccc(NCC2CC(Cn3ccnc3)(c3ccc(Cl)cc3)N(C)O2)cc1. The zero-order valence-corrected chi connectivity index (χ0v) is 17.3. The van der Waals surface area contributed by atoms with Gasteiger partial charge in [-0.2, -0.15) is 5.06 Å². The number of ether oxygens (including phenoxy) is 1. The molecule has 2 heterocycles. The third-order valence-corrected chi connectivity index (χ3v) is 5.74. The summed E-state index contributed by atoms with van der Waals surface area (Å²) in [5, 5.41) is 6.18. The van der Waals surface area contributed by atoms with Crippen LogP contribution in [0.4, 0.5) is 5.69 Å². The minimum absolute atomic E-state index is 0.0290. The van der Waals surface area contributed by atoms with E-state index in [4.69, 9.17) is 21.2 Å². The highest BCUT2D eigenvalue weighted by molar-refractivity contribution is 6.30. The molecule has 0 saturated carbocycles. The summed E-state index contributed by atoms with van der Waals surface area (Å²) in [5.41, 5.74) is 1.90. The lowest BCUT2D eigenvalue weighted by atomic mass is 9.85. The first-order valence-corrected chi connectivity index (χ1v) is 9.97. The molecule has 1 aromatic heterocycles. The summed E-state index contributed by atoms with van der Waals surface area (Å²) >= 11 is 6.13. The van der Waals surface area contributed by atoms with Gasteiger partial charge in [0.15, 0.2) is 0 Å². The molecule has 2 aromatic carbocycles. The quantitative estimate of drug-likeness (QED) is 0.630. The fourth-order valence-corrected chi connectivity index (χ4v) is 4.04. The highest BCUT2D eigenvalue weighted by atomic mass is 35.5. The molecule has 0 amide bonds. The molecule has 7 heteroatoms. The van der Waals surface area contributed by atoms with Crippen molar-refractivity contribution in [2.75, 3.05) is 26.0 Å². The Kier molecular flexibility index (Phi) is 5.76. The number of benzene rings is 2. The lowest BCUT2D eigenvalue weighted by molar-refractivity contribution is -0.171. The van der Waals surface area contributed by atoms with Gasteiger partial charge in [0.05, 0.1) is 25.1 Å². The Morgan fingerprint density at radius 3 is 2.62 bits per heavy atom. The number of rotatable bonds is 7. The van der Waals surface area contributed by atoms with E-state index >= 15 is 0 Å². The molecular weight excluding hydrogens is 388 g/mol. The Morgan fingerprint density at radius 2 is 1.97 bits per heavy atom. The molecule has 152 valence electrons. The summed E-state index contributed by atoms with van der Waals surface area (Å²) < 4.78 is 7.31. The van der Waals surface area contributed by atoms with Gasteiger partial charge in [0.1, 0.15) is 5.75 Å². The first-order valence-electron chi connectivity index (χ1n) is 9.59. The third kappa shape index (κ3) is 4.24. The Labute approximate surface area is 176 Å². The van der Waals surface area contributed by atoms with Crippen LogP contribution in [0.3, 0.4) is 0 Å². The summed E-state index contributed by atoms with van der Waals surface area (Å²) in [4.78, 5) is 10.5. The minimum atomic E-state index is -0.308. The van der Waals surface area contributed by atoms with Gasteiger partial charge in [0, 0.05) is 49.7 Å². The number of anilines is 1. The van der Waals surface area contributed by atoms with Crippen molar-refractivity contribution in [1.82, 2.24) is 14.6 Å². The number of hydrogen-bond acceptors (Lipinski definition) is 5. The molecule has 0 aliphatic carbocycles. The second kappa shape index (κ2) is 8.45. The van der Waals surface area contributed by atoms with Crippen LogP contribution in [-0.2, 0) is 16.9 Å². The first kappa shape index (κ1) is 19.8. The molecule has 0 spiro atoms. The van der Waals surface area contributed by atoms with Crippen LogP contribution in [0.25, 0.3) is 0 Å². The molecule has 0 bridgehead atoms. The van der Waals surface area contributed by atoms with Gasteiger partial charge in [-0.05, 0) is 42.0 Å². The molecule has 6 nitrogen and oxygen atoms in total. The van der Waals surface area contributed by atoms with E-state index in [0.29, 0.717) is 6.54 Å². The van der Waals surface area contributed by atoms with Gasteiger partial charge in [-0.25, -0.2) is 4.98 Å². The van der Waals surface area contributed by atoms with Crippen LogP contribution in [0, 0.1) is 0 Å². The first-order chi connectivity index (χ1) is 14.1. The predicted octanol–water partition coefficient (Wildman–Crippen LogP) is 4.19. The van der Waals surface area contributed by atoms with Crippen LogP contribution < -0.4 is 10.1 Å². The Hall–Kier alpha value is -2.54. The van der Waals surface area contributed by atoms with Gasteiger partial charge in [0.2, 0.25) is 0 Å². The van der Waals surface area contributed by atoms with Crippen molar-refractivity contribution in [1.29, 1.82) is 0 Å². The average molecular weight is 413 g/mol. The van der Waals surface area contributed by atoms with E-state index in [2.05, 4.69) is 27.0 Å². The maximum Gasteiger partial charge on any atom is 0.119 e. The number of hydroxylamine groups is 2. The van der Waals surface area contributed by atoms with Crippen LogP contribution in [0.5, 0.6) is 5.75 Å². The minimum Gasteiger partial charge on any atom is -0.497 e. The molecule has 0 radical (unpaired) electrons. The van der Waals surface area contributed by atoms with Gasteiger partial charge in [-0.1, -0.05) is 23.7 Å². The van der Waals surface area contributed by atoms with E-state index in [9.17, 15) is 0 Å². The van der Waals surface area contributed by atoms with E-state index in [1.165, 1.54) is 5.56 Å². The number of methoxy groups -OCH3 is 1. The fourth-order valence-electron chi connectivity index (χ4n) is 3.91. The van der Waals surface area contributed by atoms with Crippen LogP contribution in [0.1, 0.15) is 12.0 Å². The van der Waals surface area contributed by atoms with Crippen molar-refractivity contribution in [2.45, 2.75) is 24.6 Å². The van der Waals surface area contributed by atoms with E-state index < -0.39 is 0 Å². The molecule has 2 unspecified atom stereocenters. The lowest BCUT2D eigenvalue weighted by Gasteiger charge is -2.35. The number of halogens is 1. The molecule has 3 aromatic rings. The molecule has 4 rings (SSSR count). The second-order valence-corrected chi connectivity index (χ2v) is 7.75. The highest BCUT2D eigenvalue weighted by Crippen LogP contribution is 2.41. The molecule has 2 atom stereocenters. The number of nitrogens with one attached hydrogen (secondary N) is 1. The van der Waals surface area contributed by atoms with Crippen molar-refractivity contribution >= 4 is 17.3 Å². The van der Waals surface area contributed by atoms with Crippen molar-refractivity contribution in [3.8, 4) is 5.75 Å². The molecular formula is C22H25ClN4O2. The summed E-state index contributed by atoms with van der Waals surface area (Å²) in [5.74, 6) is 0.842. The van der Waals surface area contributed by atoms with E-state index in [1.54, 1.807) is 13.3 Å². The van der Waals surface area contributed by atoms with E-state index in [0.717, 1.165) is 29.4 Å². The lowest BCUT2D eigenvalue weighted by Crippen LogP contribution is -2.41. The van der Waals surface area contributed by atoms with Crippen molar-refractivity contribution < 1.29 is 9.57 Å². The van der Waals surface area contributed by atoms with Crippen LogP contribution in [0.15, 0.2) is 67.3 Å². The largest absolute Gasteiger partial charge is 0.497 e. The van der Waals surface area contributed by atoms with Crippen LogP contribution in [0.2, 0.25) is 5.02 Å². The van der Waals surface area contributed by atoms with Crippen molar-refractivity contribution in [3.63, 3.8) is 0 Å². The number of imidazole rings is 1. The predicted molar refractivity (Wildman–Crippen MR) is 114 cm³/mol. The zero-order chi connectivity index (χ0) is 20.3. The molecule has 1 saturated heterocycles. The second-order valence-electron chi connectivity index (χ2n) is 7.31. The molecule has 1 N–H and O–H groups in total. The summed E-state index contributed by atoms with van der Waals surface area (Å²) in [6, 6.07) is 15.9. The Balaban J connectivity index is 1.52. The molecule has 1 aliphatic heterocycles. The molecule has 29 heavy (non-hydrogen) atoms. The number of nitrogens with zero attached hydrogens (tertiary/aromatic N) is 3. The van der Waals surface area contributed by atoms with Gasteiger partial charge in [0.25, 0.3) is 0 Å². The maximum absolute atomic E-state index is 6.26. The van der Waals surface area contributed by atoms with Gasteiger partial charge in [-0.15, -0.1) is 0 Å². The number of likely N-dealkylation sites (N-methyl/N-ethyl adjacent to an activating group) is 1. The average Bonchev–Trinajstić information content (AvgIpc) is 3.36. The van der Waals surface area contributed by atoms with Gasteiger partial charge >= 0.3 is 0 Å². The maximum atomic E-state index is 6.26. The summed E-state index contributed by atoms with van der Waals surface area (Å²) in [6.07, 6.45) is 6.49. The monoisotopic (exact) mass is 412 g/mol. The molecule has 1 aliphatic rings. The smallest absolute Gasteiger partial charge is 0.119 e. The van der Waals surface area contributed by atoms with Crippen molar-refractivity contribution in [3.05, 3.63) is 77.8 Å². The topological polar surface area (TPSA) is 51.5 Å². The zero-order valence-electron chi connectivity index (χ0n) is 16.6. The van der Waals surface area contributed by atoms with E-state index in [1.807, 2.05) is 61.0 Å². The van der Waals surface area contributed by atoms with Crippen LogP contribution >= 0.6 is 11.6 Å². The standard InChI is InChI=1S/C22H25ClN4O2/c1-26-22(15-27-12-11-24-16-27,17-3-5-18(23)6-4-17)13-21(29-26)14-25-19-7-9-20(28-2)10-8-19/h3-12,16,21,25H,13-15H2,1-2H3. The number of hydrogen-bond donors (Lipinski definition) is 1. The van der Waals surface area contributed by atoms with Gasteiger partial charge in [-0.3, -0.25) is 4.84 Å². The van der Waals surface area contributed by atoms with Crippen LogP contribution in [-0.4, -0.2) is 41.4 Å². The number of aromatic nitrogens is 2. The molecule has 1 fully saturated rings. The van der Waals surface area contributed by atoms with Crippen molar-refractivity contribution in [2.24, 2.45) is 0 Å². The highest BCUT2D eigenvalue weighted by Gasteiger charge is 2.46.